The number of carboxylic acid groups (broad SMARTS) is 1. The largest absolute Gasteiger partial charge is 0.477 e. The maximum Gasteiger partial charge on any atom is 0.345 e. The quantitative estimate of drug-likeness (QED) is 0.280. The van der Waals surface area contributed by atoms with E-state index in [0.717, 1.165) is 47.6 Å². The van der Waals surface area contributed by atoms with E-state index in [-0.39, 0.29) is 11.8 Å². The van der Waals surface area contributed by atoms with Crippen molar-refractivity contribution in [2.24, 2.45) is 0 Å². The number of carbonyl (C=O) groups excluding carboxylic acids is 1. The summed E-state index contributed by atoms with van der Waals surface area (Å²) in [5, 5.41) is 9.00. The molecule has 1 aromatic heterocycles. The van der Waals surface area contributed by atoms with Crippen LogP contribution in [0, 0.1) is 0 Å². The summed E-state index contributed by atoms with van der Waals surface area (Å²) >= 11 is 3.04. The second-order valence-corrected chi connectivity index (χ2v) is 9.34. The molecule has 0 aliphatic carbocycles. The van der Waals surface area contributed by atoms with E-state index in [9.17, 15) is 9.59 Å². The van der Waals surface area contributed by atoms with Gasteiger partial charge in [0, 0.05) is 28.3 Å². The first-order chi connectivity index (χ1) is 14.1. The Labute approximate surface area is 180 Å². The second kappa shape index (κ2) is 10.8. The average molecular weight is 434 g/mol. The van der Waals surface area contributed by atoms with E-state index in [1.54, 1.807) is 18.0 Å². The molecule has 29 heavy (non-hydrogen) atoms. The summed E-state index contributed by atoms with van der Waals surface area (Å²) in [4.78, 5) is 24.5. The van der Waals surface area contributed by atoms with Crippen molar-refractivity contribution in [1.29, 1.82) is 0 Å². The molecule has 156 valence electrons. The Morgan fingerprint density at radius 2 is 1.97 bits per heavy atom. The Hall–Kier alpha value is -1.83. The van der Waals surface area contributed by atoms with Crippen LogP contribution in [0.3, 0.4) is 0 Å². The molecule has 1 N–H and O–H groups in total. The third-order valence-corrected chi connectivity index (χ3v) is 7.14. The van der Waals surface area contributed by atoms with E-state index >= 15 is 0 Å². The number of Topliss-reactive ketones (excluding diaryl/α,β-unsaturated/α-hetero) is 1. The highest BCUT2D eigenvalue weighted by Gasteiger charge is 2.26. The van der Waals surface area contributed by atoms with E-state index in [1.807, 2.05) is 30.3 Å². The van der Waals surface area contributed by atoms with E-state index in [2.05, 4.69) is 11.2 Å². The van der Waals surface area contributed by atoms with Crippen molar-refractivity contribution < 1.29 is 19.4 Å². The van der Waals surface area contributed by atoms with Crippen molar-refractivity contribution >= 4 is 40.7 Å². The molecule has 0 radical (unpaired) electrons. The van der Waals surface area contributed by atoms with Crippen LogP contribution >= 0.6 is 23.3 Å². The third kappa shape index (κ3) is 6.07. The van der Waals surface area contributed by atoms with Gasteiger partial charge in [-0.15, -0.1) is 11.3 Å². The number of rotatable bonds is 11. The highest BCUT2D eigenvalue weighted by molar-refractivity contribution is 8.00. The number of benzene rings is 1. The molecule has 7 heteroatoms. The predicted molar refractivity (Wildman–Crippen MR) is 119 cm³/mol. The molecule has 1 aliphatic rings. The van der Waals surface area contributed by atoms with Gasteiger partial charge in [0.05, 0.1) is 19.3 Å². The molecule has 2 heterocycles. The lowest BCUT2D eigenvalue weighted by atomic mass is 10.0. The van der Waals surface area contributed by atoms with Crippen LogP contribution in [-0.2, 0) is 11.3 Å². The second-order valence-electron chi connectivity index (χ2n) is 7.11. The lowest BCUT2D eigenvalue weighted by Gasteiger charge is -2.25. The zero-order valence-electron chi connectivity index (χ0n) is 16.6. The van der Waals surface area contributed by atoms with Crippen molar-refractivity contribution in [3.05, 3.63) is 51.7 Å². The minimum atomic E-state index is -0.896. The highest BCUT2D eigenvalue weighted by Crippen LogP contribution is 2.34. The minimum Gasteiger partial charge on any atom is -0.477 e. The molecule has 0 spiro atoms. The Kier molecular flexibility index (Phi) is 8.15. The molecular formula is C22H27NO4S2. The van der Waals surface area contributed by atoms with E-state index in [0.29, 0.717) is 24.5 Å². The molecule has 1 aliphatic heterocycles. The normalized spacial score (nSPS) is 16.3. The zero-order valence-corrected chi connectivity index (χ0v) is 18.3. The molecule has 1 unspecified atom stereocenters. The number of carbonyl (C=O) groups is 2. The number of thiophene rings is 1. The Morgan fingerprint density at radius 3 is 2.66 bits per heavy atom. The Morgan fingerprint density at radius 1 is 1.17 bits per heavy atom. The van der Waals surface area contributed by atoms with E-state index in [4.69, 9.17) is 9.84 Å². The summed E-state index contributed by atoms with van der Waals surface area (Å²) in [6.45, 7) is 3.16. The predicted octanol–water partition coefficient (Wildman–Crippen LogP) is 5.65. The molecule has 1 aromatic carbocycles. The summed E-state index contributed by atoms with van der Waals surface area (Å²) in [6.07, 6.45) is 4.83. The molecule has 1 fully saturated rings. The van der Waals surface area contributed by atoms with Crippen LogP contribution in [0.1, 0.15) is 63.9 Å². The van der Waals surface area contributed by atoms with Crippen molar-refractivity contribution in [3.63, 3.8) is 0 Å². The van der Waals surface area contributed by atoms with Crippen molar-refractivity contribution in [2.45, 2.75) is 51.7 Å². The van der Waals surface area contributed by atoms with Gasteiger partial charge in [-0.05, 0) is 61.2 Å². The van der Waals surface area contributed by atoms with Gasteiger partial charge in [-0.25, -0.2) is 4.79 Å². The van der Waals surface area contributed by atoms with Gasteiger partial charge in [-0.2, -0.15) is 0 Å². The van der Waals surface area contributed by atoms with Crippen LogP contribution in [0.25, 0.3) is 0 Å². The number of ketones is 1. The number of hydrogen-bond donors (Lipinski definition) is 1. The fraction of sp³-hybridized carbons (Fsp3) is 0.455. The van der Waals surface area contributed by atoms with Crippen LogP contribution < -0.4 is 4.31 Å². The van der Waals surface area contributed by atoms with Crippen molar-refractivity contribution in [1.82, 2.24) is 0 Å². The molecule has 2 aromatic rings. The summed E-state index contributed by atoms with van der Waals surface area (Å²) < 4.78 is 8.14. The van der Waals surface area contributed by atoms with Crippen molar-refractivity contribution in [3.8, 4) is 0 Å². The molecule has 0 saturated carbocycles. The topological polar surface area (TPSA) is 66.8 Å². The van der Waals surface area contributed by atoms with Gasteiger partial charge in [0.2, 0.25) is 0 Å². The van der Waals surface area contributed by atoms with Gasteiger partial charge in [-0.3, -0.25) is 4.79 Å². The van der Waals surface area contributed by atoms with Crippen LogP contribution in [-0.4, -0.2) is 35.3 Å². The van der Waals surface area contributed by atoms with Crippen LogP contribution in [0.15, 0.2) is 36.4 Å². The molecule has 1 saturated heterocycles. The first kappa shape index (κ1) is 21.9. The maximum atomic E-state index is 12.3. The molecular weight excluding hydrogens is 406 g/mol. The summed E-state index contributed by atoms with van der Waals surface area (Å²) in [5.41, 5.74) is 1.88. The van der Waals surface area contributed by atoms with E-state index in [1.165, 1.54) is 11.3 Å². The number of ether oxygens (including phenoxy) is 1. The average Bonchev–Trinajstić information content (AvgIpc) is 3.38. The van der Waals surface area contributed by atoms with Gasteiger partial charge in [0.15, 0.2) is 5.78 Å². The number of anilines is 1. The molecule has 1 atom stereocenters. The molecule has 5 nitrogen and oxygen atoms in total. The minimum absolute atomic E-state index is 0.218. The van der Waals surface area contributed by atoms with Crippen LogP contribution in [0.5, 0.6) is 0 Å². The van der Waals surface area contributed by atoms with Crippen LogP contribution in [0.2, 0.25) is 0 Å². The van der Waals surface area contributed by atoms with Gasteiger partial charge < -0.3 is 14.1 Å². The molecule has 3 rings (SSSR count). The highest BCUT2D eigenvalue weighted by atomic mass is 32.2. The van der Waals surface area contributed by atoms with Gasteiger partial charge >= 0.3 is 5.97 Å². The van der Waals surface area contributed by atoms with Gasteiger partial charge in [0.25, 0.3) is 0 Å². The maximum absolute atomic E-state index is 12.3. The number of carboxylic acids is 1. The lowest BCUT2D eigenvalue weighted by molar-refractivity contribution is 0.0702. The summed E-state index contributed by atoms with van der Waals surface area (Å²) in [6, 6.07) is 11.6. The fourth-order valence-electron chi connectivity index (χ4n) is 3.29. The Balaban J connectivity index is 1.51. The van der Waals surface area contributed by atoms with Gasteiger partial charge in [0.1, 0.15) is 4.88 Å². The first-order valence-electron chi connectivity index (χ1n) is 10.0. The molecule has 0 amide bonds. The van der Waals surface area contributed by atoms with Crippen molar-refractivity contribution in [2.75, 3.05) is 16.7 Å². The SMILES string of the molecule is CCCCCC(=O)c1ccc(N2SCCC2COCc2ccc(C(=O)O)s2)cc1. The third-order valence-electron chi connectivity index (χ3n) is 4.89. The number of aromatic carboxylic acids is 1. The Bertz CT molecular complexity index is 818. The standard InChI is InChI=1S/C22H27NO4S2/c1-2-3-4-5-20(24)16-6-8-17(9-7-16)23-18(12-13-28-23)14-27-15-19-10-11-21(29-19)22(25)26/h6-11,18H,2-5,12-15H2,1H3,(H,25,26). The smallest absolute Gasteiger partial charge is 0.345 e. The van der Waals surface area contributed by atoms with Gasteiger partial charge in [-0.1, -0.05) is 19.8 Å². The number of hydrogen-bond acceptors (Lipinski definition) is 6. The summed E-state index contributed by atoms with van der Waals surface area (Å²) in [7, 11) is 0. The fourth-order valence-corrected chi connectivity index (χ4v) is 5.29. The monoisotopic (exact) mass is 433 g/mol. The number of nitrogens with zero attached hydrogens (tertiary/aromatic N) is 1. The number of unbranched alkanes of at least 4 members (excludes halogenated alkanes) is 2. The van der Waals surface area contributed by atoms with E-state index < -0.39 is 5.97 Å². The summed E-state index contributed by atoms with van der Waals surface area (Å²) in [5.74, 6) is 0.357. The molecule has 0 bridgehead atoms. The zero-order chi connectivity index (χ0) is 20.6. The van der Waals surface area contributed by atoms with Crippen LogP contribution in [0.4, 0.5) is 5.69 Å². The first-order valence-corrected chi connectivity index (χ1v) is 11.8. The lowest BCUT2D eigenvalue weighted by Crippen LogP contribution is -2.28.